The van der Waals surface area contributed by atoms with Crippen LogP contribution in [0.1, 0.15) is 5.56 Å². The molecule has 0 fully saturated rings. The van der Waals surface area contributed by atoms with Crippen LogP contribution in [0.15, 0.2) is 41.3 Å². The number of halogens is 2. The van der Waals surface area contributed by atoms with Gasteiger partial charge in [0.25, 0.3) is 10.0 Å². The van der Waals surface area contributed by atoms with Crippen molar-refractivity contribution in [1.29, 1.82) is 0 Å². The number of hydrogen-bond donors (Lipinski definition) is 2. The highest BCUT2D eigenvalue weighted by Gasteiger charge is 2.18. The Morgan fingerprint density at radius 2 is 1.80 bits per heavy atom. The average molecular weight is 298 g/mol. The third kappa shape index (κ3) is 2.88. The summed E-state index contributed by atoms with van der Waals surface area (Å²) >= 11 is 0. The van der Waals surface area contributed by atoms with Gasteiger partial charge in [-0.05, 0) is 48.9 Å². The molecule has 0 aliphatic rings. The third-order valence-corrected chi connectivity index (χ3v) is 4.11. The zero-order valence-electron chi connectivity index (χ0n) is 10.5. The average Bonchev–Trinajstić information content (AvgIpc) is 2.36. The summed E-state index contributed by atoms with van der Waals surface area (Å²) in [5.41, 5.74) is 5.93. The van der Waals surface area contributed by atoms with Crippen molar-refractivity contribution in [3.8, 4) is 0 Å². The number of sulfonamides is 1. The first kappa shape index (κ1) is 14.3. The Morgan fingerprint density at radius 3 is 2.45 bits per heavy atom. The molecule has 0 radical (unpaired) electrons. The number of nitrogens with one attached hydrogen (secondary N) is 1. The van der Waals surface area contributed by atoms with Gasteiger partial charge >= 0.3 is 0 Å². The summed E-state index contributed by atoms with van der Waals surface area (Å²) in [6, 6.07) is 6.81. The predicted octanol–water partition coefficient (Wildman–Crippen LogP) is 2.66. The molecule has 0 heterocycles. The number of anilines is 2. The van der Waals surface area contributed by atoms with Crippen LogP contribution >= 0.6 is 0 Å². The van der Waals surface area contributed by atoms with E-state index in [2.05, 4.69) is 4.72 Å². The van der Waals surface area contributed by atoms with E-state index in [-0.39, 0.29) is 21.8 Å². The largest absolute Gasteiger partial charge is 0.398 e. The Bertz CT molecular complexity index is 761. The number of hydrogen-bond acceptors (Lipinski definition) is 3. The van der Waals surface area contributed by atoms with Crippen LogP contribution in [0.3, 0.4) is 0 Å². The van der Waals surface area contributed by atoms with E-state index < -0.39 is 21.7 Å². The minimum atomic E-state index is -4.03. The van der Waals surface area contributed by atoms with Gasteiger partial charge in [0.2, 0.25) is 0 Å². The molecule has 0 unspecified atom stereocenters. The van der Waals surface area contributed by atoms with Crippen LogP contribution in [-0.2, 0) is 10.0 Å². The molecular weight excluding hydrogens is 286 g/mol. The van der Waals surface area contributed by atoms with Crippen molar-refractivity contribution in [3.05, 3.63) is 53.6 Å². The smallest absolute Gasteiger partial charge is 0.264 e. The molecule has 3 N–H and O–H groups in total. The van der Waals surface area contributed by atoms with Crippen LogP contribution in [0.25, 0.3) is 0 Å². The molecule has 7 heteroatoms. The fraction of sp³-hybridized carbons (Fsp3) is 0.0769. The Labute approximate surface area is 115 Å². The second-order valence-electron chi connectivity index (χ2n) is 4.25. The molecule has 2 aromatic rings. The third-order valence-electron chi connectivity index (χ3n) is 2.68. The van der Waals surface area contributed by atoms with Gasteiger partial charge in [-0.2, -0.15) is 0 Å². The van der Waals surface area contributed by atoms with Crippen molar-refractivity contribution in [2.24, 2.45) is 0 Å². The van der Waals surface area contributed by atoms with E-state index in [1.54, 1.807) is 0 Å². The molecule has 2 aromatic carbocycles. The summed E-state index contributed by atoms with van der Waals surface area (Å²) in [5.74, 6) is -1.16. The van der Waals surface area contributed by atoms with Crippen molar-refractivity contribution in [2.75, 3.05) is 10.5 Å². The van der Waals surface area contributed by atoms with Crippen molar-refractivity contribution in [1.82, 2.24) is 0 Å². The zero-order valence-corrected chi connectivity index (χ0v) is 11.3. The molecule has 0 spiro atoms. The van der Waals surface area contributed by atoms with Crippen LogP contribution in [0.2, 0.25) is 0 Å². The standard InChI is InChI=1S/C13H12F2N2O2S/c1-8-6-10(3-4-11(8)15)17-20(18,19)13-7-9(14)2-5-12(13)16/h2-7,17H,16H2,1H3. The molecule has 0 saturated carbocycles. The number of rotatable bonds is 3. The predicted molar refractivity (Wildman–Crippen MR) is 72.8 cm³/mol. The van der Waals surface area contributed by atoms with E-state index in [0.717, 1.165) is 18.2 Å². The molecule has 0 amide bonds. The monoisotopic (exact) mass is 298 g/mol. The normalized spacial score (nSPS) is 11.3. The lowest BCUT2D eigenvalue weighted by molar-refractivity contribution is 0.595. The molecule has 0 aliphatic heterocycles. The van der Waals surface area contributed by atoms with E-state index in [0.29, 0.717) is 0 Å². The Kier molecular flexibility index (Phi) is 3.63. The van der Waals surface area contributed by atoms with Gasteiger partial charge in [0.15, 0.2) is 0 Å². The number of aryl methyl sites for hydroxylation is 1. The highest BCUT2D eigenvalue weighted by atomic mass is 32.2. The van der Waals surface area contributed by atoms with Crippen molar-refractivity contribution in [3.63, 3.8) is 0 Å². The maximum absolute atomic E-state index is 13.1. The lowest BCUT2D eigenvalue weighted by atomic mass is 10.2. The van der Waals surface area contributed by atoms with Crippen LogP contribution in [-0.4, -0.2) is 8.42 Å². The highest BCUT2D eigenvalue weighted by molar-refractivity contribution is 7.92. The second-order valence-corrected chi connectivity index (χ2v) is 5.90. The topological polar surface area (TPSA) is 72.2 Å². The summed E-state index contributed by atoms with van der Waals surface area (Å²) < 4.78 is 52.7. The van der Waals surface area contributed by atoms with Gasteiger partial charge in [-0.1, -0.05) is 0 Å². The van der Waals surface area contributed by atoms with Crippen molar-refractivity contribution >= 4 is 21.4 Å². The molecule has 4 nitrogen and oxygen atoms in total. The van der Waals surface area contributed by atoms with E-state index >= 15 is 0 Å². The van der Waals surface area contributed by atoms with Gasteiger partial charge in [0.1, 0.15) is 16.5 Å². The van der Waals surface area contributed by atoms with E-state index in [9.17, 15) is 17.2 Å². The van der Waals surface area contributed by atoms with Crippen molar-refractivity contribution in [2.45, 2.75) is 11.8 Å². The van der Waals surface area contributed by atoms with Crippen molar-refractivity contribution < 1.29 is 17.2 Å². The van der Waals surface area contributed by atoms with Gasteiger partial charge in [-0.3, -0.25) is 4.72 Å². The quantitative estimate of drug-likeness (QED) is 0.856. The minimum Gasteiger partial charge on any atom is -0.398 e. The first-order valence-electron chi connectivity index (χ1n) is 5.63. The fourth-order valence-electron chi connectivity index (χ4n) is 1.66. The summed E-state index contributed by atoms with van der Waals surface area (Å²) in [6.45, 7) is 1.50. The molecule has 0 aliphatic carbocycles. The summed E-state index contributed by atoms with van der Waals surface area (Å²) in [5, 5.41) is 0. The van der Waals surface area contributed by atoms with Gasteiger partial charge in [0, 0.05) is 5.69 Å². The van der Waals surface area contributed by atoms with Crippen LogP contribution in [0.5, 0.6) is 0 Å². The maximum Gasteiger partial charge on any atom is 0.264 e. The molecular formula is C13H12F2N2O2S. The first-order valence-corrected chi connectivity index (χ1v) is 7.12. The van der Waals surface area contributed by atoms with Gasteiger partial charge < -0.3 is 5.73 Å². The summed E-state index contributed by atoms with van der Waals surface area (Å²) in [4.78, 5) is -0.362. The van der Waals surface area contributed by atoms with E-state index in [1.165, 1.54) is 25.1 Å². The summed E-state index contributed by atoms with van der Waals surface area (Å²) in [6.07, 6.45) is 0. The molecule has 0 saturated heterocycles. The minimum absolute atomic E-state index is 0.0715. The first-order chi connectivity index (χ1) is 9.29. The van der Waals surface area contributed by atoms with Crippen LogP contribution in [0, 0.1) is 18.6 Å². The van der Waals surface area contributed by atoms with Crippen LogP contribution in [0.4, 0.5) is 20.2 Å². The zero-order chi connectivity index (χ0) is 14.9. The SMILES string of the molecule is Cc1cc(NS(=O)(=O)c2cc(F)ccc2N)ccc1F. The Morgan fingerprint density at radius 1 is 1.10 bits per heavy atom. The molecule has 20 heavy (non-hydrogen) atoms. The van der Waals surface area contributed by atoms with E-state index in [1.807, 2.05) is 0 Å². The number of nitrogen functional groups attached to an aromatic ring is 1. The maximum atomic E-state index is 13.1. The number of benzene rings is 2. The Hall–Kier alpha value is -2.15. The van der Waals surface area contributed by atoms with Gasteiger partial charge in [0.05, 0.1) is 5.69 Å². The van der Waals surface area contributed by atoms with E-state index in [4.69, 9.17) is 5.73 Å². The number of nitrogens with two attached hydrogens (primary N) is 1. The summed E-state index contributed by atoms with van der Waals surface area (Å²) in [7, 11) is -4.03. The highest BCUT2D eigenvalue weighted by Crippen LogP contribution is 2.23. The molecule has 0 aromatic heterocycles. The molecule has 0 atom stereocenters. The molecule has 2 rings (SSSR count). The van der Waals surface area contributed by atoms with Gasteiger partial charge in [-0.15, -0.1) is 0 Å². The fourth-order valence-corrected chi connectivity index (χ4v) is 2.85. The van der Waals surface area contributed by atoms with Crippen LogP contribution < -0.4 is 10.5 Å². The molecule has 0 bridgehead atoms. The lowest BCUT2D eigenvalue weighted by Crippen LogP contribution is -2.15. The lowest BCUT2D eigenvalue weighted by Gasteiger charge is -2.11. The Balaban J connectivity index is 2.40. The van der Waals surface area contributed by atoms with Gasteiger partial charge in [-0.25, -0.2) is 17.2 Å². The molecule has 106 valence electrons. The second kappa shape index (κ2) is 5.09.